The van der Waals surface area contributed by atoms with Crippen molar-refractivity contribution in [3.8, 4) is 0 Å². The van der Waals surface area contributed by atoms with E-state index >= 15 is 0 Å². The third-order valence-corrected chi connectivity index (χ3v) is 4.99. The van der Waals surface area contributed by atoms with Crippen molar-refractivity contribution >= 4 is 17.5 Å². The number of benzene rings is 2. The first-order valence-electron chi connectivity index (χ1n) is 9.62. The van der Waals surface area contributed by atoms with Gasteiger partial charge < -0.3 is 14.7 Å². The topological polar surface area (TPSA) is 26.8 Å². The van der Waals surface area contributed by atoms with E-state index in [2.05, 4.69) is 21.7 Å². The number of piperazine rings is 1. The lowest BCUT2D eigenvalue weighted by atomic mass is 10.0. The molecule has 1 saturated heterocycles. The molecule has 1 fully saturated rings. The molecule has 5 heteroatoms. The summed E-state index contributed by atoms with van der Waals surface area (Å²) >= 11 is 0. The molecule has 1 aliphatic rings. The maximum atomic E-state index is 14.5. The number of ketones is 1. The number of likely N-dealkylation sites (N-methyl/N-ethyl adjacent to an activating group) is 1. The molecule has 0 atom stereocenters. The molecule has 148 valence electrons. The lowest BCUT2D eigenvalue weighted by Gasteiger charge is -2.35. The van der Waals surface area contributed by atoms with Gasteiger partial charge in [-0.05, 0) is 57.1 Å². The number of allylic oxidation sites excluding steroid dienone is 1. The first-order valence-corrected chi connectivity index (χ1v) is 9.62. The van der Waals surface area contributed by atoms with Crippen LogP contribution >= 0.6 is 0 Å². The molecule has 0 spiro atoms. The summed E-state index contributed by atoms with van der Waals surface area (Å²) in [6.07, 6.45) is 3.09. The summed E-state index contributed by atoms with van der Waals surface area (Å²) in [5.74, 6) is -0.421. The van der Waals surface area contributed by atoms with Crippen molar-refractivity contribution < 1.29 is 9.18 Å². The predicted octanol–water partition coefficient (Wildman–Crippen LogP) is 3.54. The van der Waals surface area contributed by atoms with Gasteiger partial charge in [0.05, 0.1) is 0 Å². The van der Waals surface area contributed by atoms with Gasteiger partial charge >= 0.3 is 0 Å². The van der Waals surface area contributed by atoms with Gasteiger partial charge in [-0.2, -0.15) is 0 Å². The highest BCUT2D eigenvalue weighted by atomic mass is 19.1. The number of carbonyl (C=O) groups is 1. The Morgan fingerprint density at radius 3 is 2.54 bits per heavy atom. The molecule has 2 aromatic rings. The highest BCUT2D eigenvalue weighted by molar-refractivity contribution is 6.07. The minimum atomic E-state index is -0.304. The summed E-state index contributed by atoms with van der Waals surface area (Å²) in [5.41, 5.74) is 3.02. The lowest BCUT2D eigenvalue weighted by molar-refractivity contribution is 0.104. The number of hydrogen-bond acceptors (Lipinski definition) is 4. The fourth-order valence-corrected chi connectivity index (χ4v) is 3.46. The zero-order chi connectivity index (χ0) is 20.1. The Morgan fingerprint density at radius 1 is 1.11 bits per heavy atom. The van der Waals surface area contributed by atoms with Gasteiger partial charge in [-0.25, -0.2) is 4.39 Å². The van der Waals surface area contributed by atoms with Crippen LogP contribution < -0.4 is 4.90 Å². The van der Waals surface area contributed by atoms with Gasteiger partial charge in [0.15, 0.2) is 5.78 Å². The molecule has 3 rings (SSSR count). The summed E-state index contributed by atoms with van der Waals surface area (Å²) < 4.78 is 14.5. The van der Waals surface area contributed by atoms with Crippen LogP contribution in [0.1, 0.15) is 21.5 Å². The molecular formula is C23H28FN3O. The smallest absolute Gasteiger partial charge is 0.185 e. The Bertz CT molecular complexity index is 855. The summed E-state index contributed by atoms with van der Waals surface area (Å²) in [6.45, 7) is 4.35. The van der Waals surface area contributed by atoms with E-state index in [1.165, 1.54) is 12.1 Å². The monoisotopic (exact) mass is 381 g/mol. The molecule has 2 aromatic carbocycles. The van der Waals surface area contributed by atoms with E-state index in [1.807, 2.05) is 38.4 Å². The van der Waals surface area contributed by atoms with Crippen LogP contribution in [0.2, 0.25) is 0 Å². The quantitative estimate of drug-likeness (QED) is 0.565. The highest BCUT2D eigenvalue weighted by Gasteiger charge is 2.18. The van der Waals surface area contributed by atoms with Crippen LogP contribution in [0.25, 0.3) is 6.08 Å². The van der Waals surface area contributed by atoms with Crippen molar-refractivity contribution in [1.29, 1.82) is 0 Å². The van der Waals surface area contributed by atoms with Crippen molar-refractivity contribution in [2.24, 2.45) is 0 Å². The van der Waals surface area contributed by atoms with Crippen molar-refractivity contribution in [2.75, 3.05) is 52.2 Å². The van der Waals surface area contributed by atoms with Crippen LogP contribution in [-0.4, -0.2) is 62.9 Å². The minimum Gasteiger partial charge on any atom is -0.368 e. The Balaban J connectivity index is 1.81. The Morgan fingerprint density at radius 2 is 1.82 bits per heavy atom. The van der Waals surface area contributed by atoms with E-state index < -0.39 is 0 Å². The van der Waals surface area contributed by atoms with Crippen LogP contribution in [0.4, 0.5) is 10.1 Å². The Kier molecular flexibility index (Phi) is 6.60. The van der Waals surface area contributed by atoms with Gasteiger partial charge in [0.1, 0.15) is 5.82 Å². The molecule has 0 saturated carbocycles. The Hall–Kier alpha value is -2.50. The molecule has 0 unspecified atom stereocenters. The van der Waals surface area contributed by atoms with Gasteiger partial charge in [-0.15, -0.1) is 0 Å². The normalized spacial score (nSPS) is 15.5. The predicted molar refractivity (Wildman–Crippen MR) is 113 cm³/mol. The van der Waals surface area contributed by atoms with Crippen LogP contribution in [0.15, 0.2) is 48.5 Å². The standard InChI is InChI=1S/C23H28FN3O/c1-25(2)17-18-6-4-7-19(16-18)23(28)11-10-20-21(24)8-5-9-22(20)27-14-12-26(3)13-15-27/h4-11,16H,12-15,17H2,1-3H3. The molecule has 0 aromatic heterocycles. The molecule has 1 heterocycles. The summed E-state index contributed by atoms with van der Waals surface area (Å²) in [4.78, 5) is 19.2. The third-order valence-electron chi connectivity index (χ3n) is 4.99. The number of halogens is 1. The zero-order valence-electron chi connectivity index (χ0n) is 16.9. The van der Waals surface area contributed by atoms with Crippen molar-refractivity contribution in [3.05, 3.63) is 71.0 Å². The molecule has 28 heavy (non-hydrogen) atoms. The van der Waals surface area contributed by atoms with E-state index in [-0.39, 0.29) is 11.6 Å². The van der Waals surface area contributed by atoms with E-state index in [9.17, 15) is 9.18 Å². The number of rotatable bonds is 6. The van der Waals surface area contributed by atoms with Crippen molar-refractivity contribution in [3.63, 3.8) is 0 Å². The Labute approximate surface area is 166 Å². The number of hydrogen-bond donors (Lipinski definition) is 0. The summed E-state index contributed by atoms with van der Waals surface area (Å²) in [7, 11) is 6.08. The van der Waals surface area contributed by atoms with Gasteiger partial charge in [0, 0.05) is 49.5 Å². The minimum absolute atomic E-state index is 0.117. The van der Waals surface area contributed by atoms with Gasteiger partial charge in [-0.3, -0.25) is 4.79 Å². The number of anilines is 1. The van der Waals surface area contributed by atoms with E-state index in [0.717, 1.165) is 44.0 Å². The number of carbonyl (C=O) groups excluding carboxylic acids is 1. The van der Waals surface area contributed by atoms with Crippen LogP contribution in [0.5, 0.6) is 0 Å². The first-order chi connectivity index (χ1) is 13.4. The average Bonchev–Trinajstić information content (AvgIpc) is 2.67. The maximum Gasteiger partial charge on any atom is 0.185 e. The lowest BCUT2D eigenvalue weighted by Crippen LogP contribution is -2.44. The molecule has 0 N–H and O–H groups in total. The van der Waals surface area contributed by atoms with Crippen LogP contribution in [-0.2, 0) is 6.54 Å². The molecule has 4 nitrogen and oxygen atoms in total. The van der Waals surface area contributed by atoms with E-state index in [1.54, 1.807) is 18.2 Å². The fraction of sp³-hybridized carbons (Fsp3) is 0.348. The second-order valence-corrected chi connectivity index (χ2v) is 7.60. The van der Waals surface area contributed by atoms with E-state index in [4.69, 9.17) is 0 Å². The molecular weight excluding hydrogens is 353 g/mol. The van der Waals surface area contributed by atoms with Crippen molar-refractivity contribution in [1.82, 2.24) is 9.80 Å². The molecule has 0 bridgehead atoms. The number of nitrogens with zero attached hydrogens (tertiary/aromatic N) is 3. The zero-order valence-corrected chi connectivity index (χ0v) is 16.9. The van der Waals surface area contributed by atoms with Gasteiger partial charge in [0.25, 0.3) is 0 Å². The SMILES string of the molecule is CN(C)Cc1cccc(C(=O)C=Cc2c(F)cccc2N2CCN(C)CC2)c1. The molecule has 1 aliphatic heterocycles. The second-order valence-electron chi connectivity index (χ2n) is 7.60. The summed E-state index contributed by atoms with van der Waals surface area (Å²) in [6, 6.07) is 12.7. The average molecular weight is 381 g/mol. The maximum absolute atomic E-state index is 14.5. The van der Waals surface area contributed by atoms with Gasteiger partial charge in [0.2, 0.25) is 0 Å². The fourth-order valence-electron chi connectivity index (χ4n) is 3.46. The summed E-state index contributed by atoms with van der Waals surface area (Å²) in [5, 5.41) is 0. The second kappa shape index (κ2) is 9.13. The largest absolute Gasteiger partial charge is 0.368 e. The molecule has 0 amide bonds. The van der Waals surface area contributed by atoms with Gasteiger partial charge in [-0.1, -0.05) is 24.3 Å². The van der Waals surface area contributed by atoms with Crippen molar-refractivity contribution in [2.45, 2.75) is 6.54 Å². The first kappa shape index (κ1) is 20.2. The third kappa shape index (κ3) is 5.06. The molecule has 0 aliphatic carbocycles. The van der Waals surface area contributed by atoms with Crippen LogP contribution in [0.3, 0.4) is 0 Å². The highest BCUT2D eigenvalue weighted by Crippen LogP contribution is 2.26. The van der Waals surface area contributed by atoms with Crippen LogP contribution in [0, 0.1) is 5.82 Å². The van der Waals surface area contributed by atoms with E-state index in [0.29, 0.717) is 11.1 Å². The molecule has 0 radical (unpaired) electrons.